The van der Waals surface area contributed by atoms with Gasteiger partial charge in [-0.2, -0.15) is 0 Å². The molecule has 3 fully saturated rings. The predicted molar refractivity (Wildman–Crippen MR) is 93.2 cm³/mol. The van der Waals surface area contributed by atoms with Gasteiger partial charge in [0, 0.05) is 5.41 Å². The molecule has 0 heterocycles. The van der Waals surface area contributed by atoms with Crippen LogP contribution in [0.2, 0.25) is 0 Å². The zero-order chi connectivity index (χ0) is 18.2. The fraction of sp³-hybridized carbons (Fsp3) is 0.810. The van der Waals surface area contributed by atoms with Crippen LogP contribution >= 0.6 is 0 Å². The summed E-state index contributed by atoms with van der Waals surface area (Å²) in [6, 6.07) is 0. The number of hydrogen-bond acceptors (Lipinski definition) is 3. The highest BCUT2D eigenvalue weighted by molar-refractivity contribution is 5.32. The summed E-state index contributed by atoms with van der Waals surface area (Å²) in [6.45, 7) is 4.15. The van der Waals surface area contributed by atoms with Crippen LogP contribution in [0.3, 0.4) is 0 Å². The molecule has 0 saturated heterocycles. The van der Waals surface area contributed by atoms with Gasteiger partial charge in [0.25, 0.3) is 0 Å². The molecule has 138 valence electrons. The molecule has 0 aromatic rings. The van der Waals surface area contributed by atoms with Crippen LogP contribution in [0.25, 0.3) is 0 Å². The molecule has 0 aromatic heterocycles. The first-order valence-electron chi connectivity index (χ1n) is 9.59. The molecule has 0 radical (unpaired) electrons. The maximum absolute atomic E-state index is 14.8. The summed E-state index contributed by atoms with van der Waals surface area (Å²) >= 11 is 0. The van der Waals surface area contributed by atoms with Gasteiger partial charge in [-0.15, -0.1) is 6.42 Å². The molecular formula is C21H29FO3. The van der Waals surface area contributed by atoms with E-state index >= 15 is 0 Å². The van der Waals surface area contributed by atoms with Crippen molar-refractivity contribution in [3.05, 3.63) is 11.6 Å². The van der Waals surface area contributed by atoms with Crippen LogP contribution in [0.4, 0.5) is 4.39 Å². The van der Waals surface area contributed by atoms with E-state index in [0.29, 0.717) is 12.8 Å². The second-order valence-electron chi connectivity index (χ2n) is 9.36. The zero-order valence-corrected chi connectivity index (χ0v) is 15.1. The number of alkyl halides is 1. The topological polar surface area (TPSA) is 60.7 Å². The Morgan fingerprint density at radius 2 is 1.92 bits per heavy atom. The fourth-order valence-corrected chi connectivity index (χ4v) is 6.87. The van der Waals surface area contributed by atoms with Crippen molar-refractivity contribution < 1.29 is 19.7 Å². The quantitative estimate of drug-likeness (QED) is 0.466. The molecule has 3 nitrogen and oxygen atoms in total. The lowest BCUT2D eigenvalue weighted by Crippen LogP contribution is -2.58. The Bertz CT molecular complexity index is 654. The van der Waals surface area contributed by atoms with Crippen molar-refractivity contribution in [1.29, 1.82) is 0 Å². The van der Waals surface area contributed by atoms with Crippen LogP contribution in [0.15, 0.2) is 11.6 Å². The Balaban J connectivity index is 1.77. The molecule has 4 rings (SSSR count). The van der Waals surface area contributed by atoms with Crippen molar-refractivity contribution in [3.63, 3.8) is 0 Å². The SMILES string of the molecule is C#CC1(O)C(F)C[C@H]2[C@@H]3C(O)C=C4CC(O)CC[C@]4(C)[C@@H]3CC[C@@]21C. The van der Waals surface area contributed by atoms with Crippen molar-refractivity contribution in [3.8, 4) is 12.3 Å². The first kappa shape index (κ1) is 17.5. The van der Waals surface area contributed by atoms with E-state index in [-0.39, 0.29) is 35.7 Å². The Labute approximate surface area is 149 Å². The average molecular weight is 348 g/mol. The summed E-state index contributed by atoms with van der Waals surface area (Å²) in [6.07, 6.45) is 9.07. The number of aliphatic hydroxyl groups is 3. The molecule has 25 heavy (non-hydrogen) atoms. The Morgan fingerprint density at radius 3 is 2.60 bits per heavy atom. The van der Waals surface area contributed by atoms with Crippen LogP contribution in [0, 0.1) is 40.9 Å². The highest BCUT2D eigenvalue weighted by Crippen LogP contribution is 2.67. The Kier molecular flexibility index (Phi) is 3.72. The molecule has 0 aliphatic heterocycles. The monoisotopic (exact) mass is 348 g/mol. The standard InChI is InChI=1S/C21H29FO3/c1-4-21(25)17(22)11-15-18-14(6-8-20(15,21)3)19(2)7-5-13(23)9-12(19)10-16(18)24/h1,10,13-18,23-25H,5-9,11H2,2-3H3/t13?,14-,15+,16?,17?,18-,19+,20+,21?/m1/s1. The van der Waals surface area contributed by atoms with Gasteiger partial charge < -0.3 is 15.3 Å². The van der Waals surface area contributed by atoms with E-state index in [2.05, 4.69) is 12.8 Å². The third-order valence-corrected chi connectivity index (χ3v) is 8.50. The van der Waals surface area contributed by atoms with Crippen molar-refractivity contribution in [2.45, 2.75) is 76.4 Å². The van der Waals surface area contributed by atoms with E-state index < -0.39 is 23.3 Å². The van der Waals surface area contributed by atoms with Gasteiger partial charge >= 0.3 is 0 Å². The molecule has 3 N–H and O–H groups in total. The number of fused-ring (bicyclic) bond motifs is 5. The van der Waals surface area contributed by atoms with Gasteiger partial charge in [-0.1, -0.05) is 31.4 Å². The molecule has 0 aromatic carbocycles. The molecule has 9 atom stereocenters. The van der Waals surface area contributed by atoms with E-state index in [1.54, 1.807) is 0 Å². The summed E-state index contributed by atoms with van der Waals surface area (Å²) in [4.78, 5) is 0. The summed E-state index contributed by atoms with van der Waals surface area (Å²) in [5.41, 5.74) is -1.33. The van der Waals surface area contributed by atoms with Crippen LogP contribution in [0.1, 0.15) is 52.4 Å². The molecule has 4 unspecified atom stereocenters. The second-order valence-corrected chi connectivity index (χ2v) is 9.36. The van der Waals surface area contributed by atoms with Gasteiger partial charge in [0.2, 0.25) is 0 Å². The summed E-state index contributed by atoms with van der Waals surface area (Å²) in [7, 11) is 0. The minimum absolute atomic E-state index is 0.0485. The largest absolute Gasteiger partial charge is 0.393 e. The van der Waals surface area contributed by atoms with Gasteiger partial charge in [0.1, 0.15) is 6.17 Å². The molecule has 0 bridgehead atoms. The van der Waals surface area contributed by atoms with Crippen molar-refractivity contribution in [1.82, 2.24) is 0 Å². The second kappa shape index (κ2) is 5.31. The minimum Gasteiger partial charge on any atom is -0.393 e. The highest BCUT2D eigenvalue weighted by Gasteiger charge is 2.68. The van der Waals surface area contributed by atoms with Gasteiger partial charge in [0.15, 0.2) is 5.60 Å². The van der Waals surface area contributed by atoms with Crippen molar-refractivity contribution in [2.24, 2.45) is 28.6 Å². The van der Waals surface area contributed by atoms with Crippen LogP contribution in [0.5, 0.6) is 0 Å². The maximum Gasteiger partial charge on any atom is 0.161 e. The number of terminal acetylenes is 1. The predicted octanol–water partition coefficient (Wildman–Crippen LogP) is 2.59. The van der Waals surface area contributed by atoms with E-state index in [0.717, 1.165) is 24.8 Å². The summed E-state index contributed by atoms with van der Waals surface area (Å²) in [5.74, 6) is 2.41. The first-order chi connectivity index (χ1) is 11.7. The summed E-state index contributed by atoms with van der Waals surface area (Å²) < 4.78 is 14.8. The Morgan fingerprint density at radius 1 is 1.20 bits per heavy atom. The van der Waals surface area contributed by atoms with E-state index in [9.17, 15) is 19.7 Å². The van der Waals surface area contributed by atoms with Crippen molar-refractivity contribution in [2.75, 3.05) is 0 Å². The smallest absolute Gasteiger partial charge is 0.161 e. The minimum atomic E-state index is -1.74. The molecule has 4 aliphatic carbocycles. The first-order valence-corrected chi connectivity index (χ1v) is 9.59. The Hall–Kier alpha value is -0.890. The maximum atomic E-state index is 14.8. The van der Waals surface area contributed by atoms with E-state index in [1.165, 1.54) is 0 Å². The molecule has 4 aliphatic rings. The molecule has 0 amide bonds. The molecule has 4 heteroatoms. The van der Waals surface area contributed by atoms with Crippen LogP contribution < -0.4 is 0 Å². The number of rotatable bonds is 0. The fourth-order valence-electron chi connectivity index (χ4n) is 6.87. The molecule has 0 spiro atoms. The van der Waals surface area contributed by atoms with E-state index in [1.807, 2.05) is 13.0 Å². The van der Waals surface area contributed by atoms with Crippen LogP contribution in [-0.2, 0) is 0 Å². The lowest BCUT2D eigenvalue weighted by atomic mass is 9.46. The third kappa shape index (κ3) is 2.04. The molecular weight excluding hydrogens is 319 g/mol. The number of hydrogen-bond donors (Lipinski definition) is 3. The molecule has 3 saturated carbocycles. The number of halogens is 1. The highest BCUT2D eigenvalue weighted by atomic mass is 19.1. The normalized spacial score (nSPS) is 57.7. The van der Waals surface area contributed by atoms with E-state index in [4.69, 9.17) is 6.42 Å². The van der Waals surface area contributed by atoms with Gasteiger partial charge in [-0.05, 0) is 61.7 Å². The van der Waals surface area contributed by atoms with Crippen molar-refractivity contribution >= 4 is 0 Å². The van der Waals surface area contributed by atoms with Gasteiger partial charge in [-0.25, -0.2) is 4.39 Å². The summed E-state index contributed by atoms with van der Waals surface area (Å²) in [5, 5.41) is 31.9. The van der Waals surface area contributed by atoms with Crippen LogP contribution in [-0.4, -0.2) is 39.3 Å². The van der Waals surface area contributed by atoms with Gasteiger partial charge in [0.05, 0.1) is 12.2 Å². The third-order valence-electron chi connectivity index (χ3n) is 8.50. The van der Waals surface area contributed by atoms with Gasteiger partial charge in [-0.3, -0.25) is 0 Å². The lowest BCUT2D eigenvalue weighted by molar-refractivity contribution is -0.129. The zero-order valence-electron chi connectivity index (χ0n) is 15.1. The lowest BCUT2D eigenvalue weighted by Gasteiger charge is -2.59. The number of aliphatic hydroxyl groups excluding tert-OH is 2. The average Bonchev–Trinajstić information content (AvgIpc) is 2.77.